The molecule has 0 aromatic carbocycles. The first kappa shape index (κ1) is 13.8. The van der Waals surface area contributed by atoms with Crippen LogP contribution >= 0.6 is 0 Å². The van der Waals surface area contributed by atoms with E-state index in [9.17, 15) is 4.79 Å². The second kappa shape index (κ2) is 6.52. The van der Waals surface area contributed by atoms with Crippen LogP contribution in [0.4, 0.5) is 5.69 Å². The fourth-order valence-electron chi connectivity index (χ4n) is 2.72. The van der Waals surface area contributed by atoms with Crippen LogP contribution in [0.1, 0.15) is 43.0 Å². The van der Waals surface area contributed by atoms with Gasteiger partial charge in [-0.15, -0.1) is 0 Å². The first-order chi connectivity index (χ1) is 9.22. The van der Waals surface area contributed by atoms with E-state index in [-0.39, 0.29) is 5.91 Å². The number of carbonyl (C=O) groups is 1. The molecule has 1 aromatic heterocycles. The van der Waals surface area contributed by atoms with Crippen LogP contribution in [-0.4, -0.2) is 17.4 Å². The quantitative estimate of drug-likeness (QED) is 0.572. The number of amides is 1. The summed E-state index contributed by atoms with van der Waals surface area (Å²) in [5.74, 6) is 6.56. The van der Waals surface area contributed by atoms with Crippen molar-refractivity contribution in [1.82, 2.24) is 10.3 Å². The number of carbonyl (C=O) groups excluding carboxylic acids is 1. The van der Waals surface area contributed by atoms with Gasteiger partial charge in [-0.1, -0.05) is 26.2 Å². The Bertz CT molecular complexity index is 435. The van der Waals surface area contributed by atoms with Crippen molar-refractivity contribution < 1.29 is 4.79 Å². The normalized spacial score (nSPS) is 22.8. The van der Waals surface area contributed by atoms with E-state index in [0.29, 0.717) is 23.1 Å². The predicted octanol–water partition coefficient (Wildman–Crippen LogP) is 1.92. The summed E-state index contributed by atoms with van der Waals surface area (Å²) in [6.07, 6.45) is 8.20. The molecule has 1 saturated carbocycles. The SMILES string of the molecule is CC1CCCCC1CNC(=O)c1cnccc1NN. The minimum absolute atomic E-state index is 0.112. The predicted molar refractivity (Wildman–Crippen MR) is 75.5 cm³/mol. The minimum atomic E-state index is -0.112. The zero-order chi connectivity index (χ0) is 13.7. The van der Waals surface area contributed by atoms with Crippen LogP contribution in [0.3, 0.4) is 0 Å². The van der Waals surface area contributed by atoms with Crippen molar-refractivity contribution >= 4 is 11.6 Å². The van der Waals surface area contributed by atoms with Crippen LogP contribution in [0.15, 0.2) is 18.5 Å². The van der Waals surface area contributed by atoms with E-state index in [1.54, 1.807) is 12.3 Å². The van der Waals surface area contributed by atoms with Gasteiger partial charge >= 0.3 is 0 Å². The topological polar surface area (TPSA) is 80.0 Å². The molecule has 1 amide bonds. The number of hydrazine groups is 1. The Morgan fingerprint density at radius 2 is 2.26 bits per heavy atom. The van der Waals surface area contributed by atoms with E-state index >= 15 is 0 Å². The molecule has 5 heteroatoms. The Kier molecular flexibility index (Phi) is 4.74. The summed E-state index contributed by atoms with van der Waals surface area (Å²) in [5, 5.41) is 3.00. The molecule has 5 nitrogen and oxygen atoms in total. The number of pyridine rings is 1. The first-order valence-corrected chi connectivity index (χ1v) is 6.91. The number of nitrogens with zero attached hydrogens (tertiary/aromatic N) is 1. The molecule has 2 atom stereocenters. The van der Waals surface area contributed by atoms with Gasteiger partial charge < -0.3 is 10.7 Å². The van der Waals surface area contributed by atoms with Crippen molar-refractivity contribution in [2.24, 2.45) is 17.7 Å². The van der Waals surface area contributed by atoms with Gasteiger partial charge in [0.2, 0.25) is 0 Å². The molecule has 1 heterocycles. The molecule has 19 heavy (non-hydrogen) atoms. The number of nitrogens with one attached hydrogen (secondary N) is 2. The highest BCUT2D eigenvalue weighted by atomic mass is 16.1. The molecule has 0 spiro atoms. The van der Waals surface area contributed by atoms with Crippen LogP contribution in [0.2, 0.25) is 0 Å². The lowest BCUT2D eigenvalue weighted by atomic mass is 9.80. The second-order valence-electron chi connectivity index (χ2n) is 5.30. The van der Waals surface area contributed by atoms with Gasteiger partial charge in [0.15, 0.2) is 0 Å². The molecule has 0 saturated heterocycles. The summed E-state index contributed by atoms with van der Waals surface area (Å²) in [4.78, 5) is 16.1. The number of nitrogens with two attached hydrogens (primary N) is 1. The smallest absolute Gasteiger partial charge is 0.255 e. The number of hydrogen-bond acceptors (Lipinski definition) is 4. The fraction of sp³-hybridized carbons (Fsp3) is 0.571. The van der Waals surface area contributed by atoms with E-state index in [2.05, 4.69) is 22.7 Å². The van der Waals surface area contributed by atoms with Gasteiger partial charge in [0.25, 0.3) is 5.91 Å². The molecule has 2 unspecified atom stereocenters. The molecule has 1 aliphatic rings. The van der Waals surface area contributed by atoms with Gasteiger partial charge in [-0.3, -0.25) is 15.6 Å². The van der Waals surface area contributed by atoms with E-state index in [1.807, 2.05) is 0 Å². The Labute approximate surface area is 114 Å². The molecule has 0 radical (unpaired) electrons. The molecule has 0 aliphatic heterocycles. The standard InChI is InChI=1S/C14H22N4O/c1-10-4-2-3-5-11(10)8-17-14(19)12-9-16-7-6-13(12)18-15/h6-7,9-11H,2-5,8,15H2,1H3,(H,16,18)(H,17,19). The maximum absolute atomic E-state index is 12.1. The fourth-order valence-corrected chi connectivity index (χ4v) is 2.72. The summed E-state index contributed by atoms with van der Waals surface area (Å²) in [6, 6.07) is 1.69. The molecule has 104 valence electrons. The molecular formula is C14H22N4O. The van der Waals surface area contributed by atoms with Crippen LogP contribution in [0.25, 0.3) is 0 Å². The Morgan fingerprint density at radius 1 is 1.47 bits per heavy atom. The number of nitrogen functional groups attached to an aromatic ring is 1. The largest absolute Gasteiger partial charge is 0.352 e. The third kappa shape index (κ3) is 3.44. The molecule has 4 N–H and O–H groups in total. The molecule has 2 rings (SSSR count). The average molecular weight is 262 g/mol. The van der Waals surface area contributed by atoms with Gasteiger partial charge in [0.1, 0.15) is 0 Å². The van der Waals surface area contributed by atoms with Gasteiger partial charge in [0, 0.05) is 18.9 Å². The third-order valence-corrected chi connectivity index (χ3v) is 4.04. The molecule has 1 aliphatic carbocycles. The summed E-state index contributed by atoms with van der Waals surface area (Å²) in [7, 11) is 0. The highest BCUT2D eigenvalue weighted by Crippen LogP contribution is 2.28. The van der Waals surface area contributed by atoms with Crippen molar-refractivity contribution in [3.05, 3.63) is 24.0 Å². The number of anilines is 1. The highest BCUT2D eigenvalue weighted by molar-refractivity contribution is 5.99. The third-order valence-electron chi connectivity index (χ3n) is 4.04. The van der Waals surface area contributed by atoms with E-state index < -0.39 is 0 Å². The molecular weight excluding hydrogens is 240 g/mol. The van der Waals surface area contributed by atoms with Gasteiger partial charge in [0.05, 0.1) is 11.3 Å². The van der Waals surface area contributed by atoms with Crippen LogP contribution in [0.5, 0.6) is 0 Å². The zero-order valence-electron chi connectivity index (χ0n) is 11.4. The lowest BCUT2D eigenvalue weighted by Crippen LogP contribution is -2.34. The van der Waals surface area contributed by atoms with E-state index in [4.69, 9.17) is 5.84 Å². The maximum atomic E-state index is 12.1. The minimum Gasteiger partial charge on any atom is -0.352 e. The molecule has 0 bridgehead atoms. The lowest BCUT2D eigenvalue weighted by molar-refractivity contribution is 0.0937. The number of rotatable bonds is 4. The molecule has 1 fully saturated rings. The zero-order valence-corrected chi connectivity index (χ0v) is 11.4. The lowest BCUT2D eigenvalue weighted by Gasteiger charge is -2.28. The van der Waals surface area contributed by atoms with Gasteiger partial charge in [-0.2, -0.15) is 0 Å². The van der Waals surface area contributed by atoms with Gasteiger partial charge in [-0.25, -0.2) is 0 Å². The Hall–Kier alpha value is -1.62. The monoisotopic (exact) mass is 262 g/mol. The second-order valence-corrected chi connectivity index (χ2v) is 5.30. The summed E-state index contributed by atoms with van der Waals surface area (Å²) < 4.78 is 0. The Morgan fingerprint density at radius 3 is 3.00 bits per heavy atom. The van der Waals surface area contributed by atoms with E-state index in [1.165, 1.54) is 31.9 Å². The van der Waals surface area contributed by atoms with Gasteiger partial charge in [-0.05, 0) is 24.3 Å². The van der Waals surface area contributed by atoms with Crippen molar-refractivity contribution in [2.45, 2.75) is 32.6 Å². The van der Waals surface area contributed by atoms with Crippen LogP contribution in [-0.2, 0) is 0 Å². The summed E-state index contributed by atoms with van der Waals surface area (Å²) >= 11 is 0. The Balaban J connectivity index is 1.93. The van der Waals surface area contributed by atoms with Crippen molar-refractivity contribution in [3.63, 3.8) is 0 Å². The summed E-state index contributed by atoms with van der Waals surface area (Å²) in [5.41, 5.74) is 3.62. The average Bonchev–Trinajstić information content (AvgIpc) is 2.46. The van der Waals surface area contributed by atoms with Crippen molar-refractivity contribution in [2.75, 3.05) is 12.0 Å². The first-order valence-electron chi connectivity index (χ1n) is 6.91. The highest BCUT2D eigenvalue weighted by Gasteiger charge is 2.22. The number of aromatic nitrogens is 1. The van der Waals surface area contributed by atoms with Crippen LogP contribution in [0, 0.1) is 11.8 Å². The maximum Gasteiger partial charge on any atom is 0.255 e. The van der Waals surface area contributed by atoms with Crippen molar-refractivity contribution in [1.29, 1.82) is 0 Å². The number of hydrogen-bond donors (Lipinski definition) is 3. The van der Waals surface area contributed by atoms with Crippen LogP contribution < -0.4 is 16.6 Å². The summed E-state index contributed by atoms with van der Waals surface area (Å²) in [6.45, 7) is 3.01. The van der Waals surface area contributed by atoms with Crippen molar-refractivity contribution in [3.8, 4) is 0 Å². The molecule has 1 aromatic rings. The van der Waals surface area contributed by atoms with E-state index in [0.717, 1.165) is 6.54 Å².